The number of ether oxygens (including phenoxy) is 2. The highest BCUT2D eigenvalue weighted by molar-refractivity contribution is 5.73. The van der Waals surface area contributed by atoms with E-state index in [1.807, 2.05) is 0 Å². The van der Waals surface area contributed by atoms with Crippen LogP contribution in [0, 0.1) is 0 Å². The van der Waals surface area contributed by atoms with Crippen molar-refractivity contribution in [3.63, 3.8) is 0 Å². The molecule has 0 aromatic carbocycles. The van der Waals surface area contributed by atoms with Crippen molar-refractivity contribution in [1.82, 2.24) is 5.32 Å². The Kier molecular flexibility index (Phi) is 6.00. The molecule has 1 rings (SSSR count). The van der Waals surface area contributed by atoms with Gasteiger partial charge in [-0.3, -0.25) is 4.79 Å². The summed E-state index contributed by atoms with van der Waals surface area (Å²) in [6.07, 6.45) is -3.79. The summed E-state index contributed by atoms with van der Waals surface area (Å²) in [5, 5.41) is 25.7. The van der Waals surface area contributed by atoms with E-state index in [0.717, 1.165) is 0 Å². The number of carbonyl (C=O) groups excluding carboxylic acids is 1. The van der Waals surface area contributed by atoms with Crippen molar-refractivity contribution < 1.29 is 24.5 Å². The average molecular weight is 274 g/mol. The summed E-state index contributed by atoms with van der Waals surface area (Å²) in [5.74, 6) is -0.349. The molecule has 19 heavy (non-hydrogen) atoms. The summed E-state index contributed by atoms with van der Waals surface area (Å²) in [4.78, 5) is 13.7. The van der Waals surface area contributed by atoms with Crippen LogP contribution in [0.4, 0.5) is 0 Å². The highest BCUT2D eigenvalue weighted by Gasteiger charge is 2.39. The number of azide groups is 1. The van der Waals surface area contributed by atoms with Crippen LogP contribution in [0.15, 0.2) is 5.11 Å². The number of aliphatic hydroxyl groups is 2. The van der Waals surface area contributed by atoms with Crippen LogP contribution in [0.1, 0.15) is 13.3 Å². The maximum atomic E-state index is 11.1. The van der Waals surface area contributed by atoms with Gasteiger partial charge in [0.15, 0.2) is 6.29 Å². The van der Waals surface area contributed by atoms with E-state index in [4.69, 9.17) is 15.0 Å². The number of rotatable bonds is 4. The third-order valence-corrected chi connectivity index (χ3v) is 2.86. The molecule has 108 valence electrons. The Morgan fingerprint density at radius 2 is 2.26 bits per heavy atom. The molecule has 0 radical (unpaired) electrons. The molecular weight excluding hydrogens is 256 g/mol. The summed E-state index contributed by atoms with van der Waals surface area (Å²) in [6, 6.07) is -0.798. The van der Waals surface area contributed by atoms with E-state index >= 15 is 0 Å². The molecule has 1 aliphatic rings. The van der Waals surface area contributed by atoms with Gasteiger partial charge in [0.25, 0.3) is 0 Å². The van der Waals surface area contributed by atoms with Crippen LogP contribution >= 0.6 is 0 Å². The van der Waals surface area contributed by atoms with Crippen LogP contribution in [0.3, 0.4) is 0 Å². The SMILES string of the molecule is COC1O[C@H](CN=[N+]=[N-])[C@H](O)C[C@H](O)[C@H]1NC(C)=O. The second kappa shape index (κ2) is 7.27. The van der Waals surface area contributed by atoms with Crippen molar-refractivity contribution >= 4 is 5.91 Å². The lowest BCUT2D eigenvalue weighted by molar-refractivity contribution is -0.183. The van der Waals surface area contributed by atoms with Crippen molar-refractivity contribution in [3.05, 3.63) is 10.4 Å². The van der Waals surface area contributed by atoms with Crippen molar-refractivity contribution in [2.24, 2.45) is 5.11 Å². The molecule has 0 aliphatic carbocycles. The third-order valence-electron chi connectivity index (χ3n) is 2.86. The third kappa shape index (κ3) is 4.34. The van der Waals surface area contributed by atoms with E-state index in [0.29, 0.717) is 0 Å². The van der Waals surface area contributed by atoms with Crippen LogP contribution in [-0.4, -0.2) is 60.4 Å². The van der Waals surface area contributed by atoms with Crippen molar-refractivity contribution in [3.8, 4) is 0 Å². The normalized spacial score (nSPS) is 35.1. The maximum Gasteiger partial charge on any atom is 0.217 e. The molecule has 9 nitrogen and oxygen atoms in total. The first-order valence-corrected chi connectivity index (χ1v) is 5.82. The van der Waals surface area contributed by atoms with Crippen LogP contribution in [-0.2, 0) is 14.3 Å². The topological polar surface area (TPSA) is 137 Å². The number of hydrogen-bond acceptors (Lipinski definition) is 6. The number of amides is 1. The molecular formula is C10H18N4O5. The minimum Gasteiger partial charge on any atom is -0.391 e. The second-order valence-corrected chi connectivity index (χ2v) is 4.29. The van der Waals surface area contributed by atoms with Crippen LogP contribution in [0.25, 0.3) is 10.4 Å². The predicted octanol–water partition coefficient (Wildman–Crippen LogP) is -0.715. The molecule has 1 fully saturated rings. The molecule has 1 saturated heterocycles. The lowest BCUT2D eigenvalue weighted by Crippen LogP contribution is -2.51. The largest absolute Gasteiger partial charge is 0.391 e. The molecule has 9 heteroatoms. The number of nitrogens with zero attached hydrogens (tertiary/aromatic N) is 3. The fourth-order valence-electron chi connectivity index (χ4n) is 1.96. The van der Waals surface area contributed by atoms with Crippen molar-refractivity contribution in [1.29, 1.82) is 0 Å². The van der Waals surface area contributed by atoms with E-state index < -0.39 is 30.6 Å². The van der Waals surface area contributed by atoms with Gasteiger partial charge in [0.1, 0.15) is 6.04 Å². The zero-order valence-electron chi connectivity index (χ0n) is 10.8. The van der Waals surface area contributed by atoms with E-state index in [2.05, 4.69) is 15.3 Å². The van der Waals surface area contributed by atoms with Gasteiger partial charge >= 0.3 is 0 Å². The van der Waals surface area contributed by atoms with Crippen LogP contribution in [0.2, 0.25) is 0 Å². The summed E-state index contributed by atoms with van der Waals surface area (Å²) < 4.78 is 10.5. The average Bonchev–Trinajstić information content (AvgIpc) is 2.46. The number of nitrogens with one attached hydrogen (secondary N) is 1. The summed E-state index contributed by atoms with van der Waals surface area (Å²) in [5.41, 5.74) is 8.28. The highest BCUT2D eigenvalue weighted by atomic mass is 16.7. The fraction of sp³-hybridized carbons (Fsp3) is 0.900. The molecule has 1 unspecified atom stereocenters. The van der Waals surface area contributed by atoms with Gasteiger partial charge in [-0.1, -0.05) is 5.11 Å². The molecule has 1 aliphatic heterocycles. The van der Waals surface area contributed by atoms with Gasteiger partial charge in [-0.15, -0.1) is 0 Å². The van der Waals surface area contributed by atoms with Crippen LogP contribution < -0.4 is 5.32 Å². The van der Waals surface area contributed by atoms with Crippen molar-refractivity contribution in [2.45, 2.75) is 44.0 Å². The predicted molar refractivity (Wildman–Crippen MR) is 63.9 cm³/mol. The molecule has 5 atom stereocenters. The highest BCUT2D eigenvalue weighted by Crippen LogP contribution is 2.21. The zero-order chi connectivity index (χ0) is 14.4. The smallest absolute Gasteiger partial charge is 0.217 e. The molecule has 1 heterocycles. The van der Waals surface area contributed by atoms with E-state index in [-0.39, 0.29) is 18.9 Å². The second-order valence-electron chi connectivity index (χ2n) is 4.29. The molecule has 1 amide bonds. The Balaban J connectivity index is 2.86. The molecule has 0 bridgehead atoms. The quantitative estimate of drug-likeness (QED) is 0.353. The Bertz CT molecular complexity index is 360. The summed E-state index contributed by atoms with van der Waals surface area (Å²) >= 11 is 0. The Morgan fingerprint density at radius 1 is 1.58 bits per heavy atom. The standard InChI is InChI=1S/C10H18N4O5/c1-5(15)13-9-7(17)3-6(16)8(4-12-14-11)19-10(9)18-2/h6-10,16-17H,3-4H2,1-2H3,(H,13,15)/t6-,7+,8-,9-,10?/m1/s1. The summed E-state index contributed by atoms with van der Waals surface area (Å²) in [6.45, 7) is 1.22. The lowest BCUT2D eigenvalue weighted by atomic mass is 10.0. The first kappa shape index (κ1) is 15.7. The first-order chi connectivity index (χ1) is 8.99. The Labute approximate surface area is 110 Å². The minimum atomic E-state index is -1.03. The molecule has 0 aromatic heterocycles. The zero-order valence-corrected chi connectivity index (χ0v) is 10.8. The van der Waals surface area contributed by atoms with Gasteiger partial charge in [0.2, 0.25) is 5.91 Å². The van der Waals surface area contributed by atoms with E-state index in [1.54, 1.807) is 0 Å². The Morgan fingerprint density at radius 3 is 2.79 bits per heavy atom. The van der Waals surface area contributed by atoms with Crippen LogP contribution in [0.5, 0.6) is 0 Å². The maximum absolute atomic E-state index is 11.1. The fourth-order valence-corrected chi connectivity index (χ4v) is 1.96. The number of aliphatic hydroxyl groups excluding tert-OH is 2. The van der Waals surface area contributed by atoms with Gasteiger partial charge < -0.3 is 25.0 Å². The Hall–Kier alpha value is -1.38. The number of carbonyl (C=O) groups is 1. The van der Waals surface area contributed by atoms with Gasteiger partial charge in [0.05, 0.1) is 24.9 Å². The summed E-state index contributed by atoms with van der Waals surface area (Å²) in [7, 11) is 1.36. The lowest BCUT2D eigenvalue weighted by Gasteiger charge is -2.28. The van der Waals surface area contributed by atoms with Gasteiger partial charge in [-0.25, -0.2) is 0 Å². The van der Waals surface area contributed by atoms with Gasteiger partial charge in [0, 0.05) is 25.4 Å². The first-order valence-electron chi connectivity index (χ1n) is 5.82. The molecule has 3 N–H and O–H groups in total. The molecule has 0 saturated carbocycles. The minimum absolute atomic E-state index is 0.0174. The van der Waals surface area contributed by atoms with E-state index in [1.165, 1.54) is 14.0 Å². The van der Waals surface area contributed by atoms with Gasteiger partial charge in [-0.05, 0) is 5.53 Å². The molecule has 0 aromatic rings. The number of hydrogen-bond donors (Lipinski definition) is 3. The monoisotopic (exact) mass is 274 g/mol. The molecule has 0 spiro atoms. The van der Waals surface area contributed by atoms with E-state index in [9.17, 15) is 15.0 Å². The van der Waals surface area contributed by atoms with Crippen molar-refractivity contribution in [2.75, 3.05) is 13.7 Å². The van der Waals surface area contributed by atoms with Gasteiger partial charge in [-0.2, -0.15) is 0 Å². The number of methoxy groups -OCH3 is 1.